The van der Waals surface area contributed by atoms with E-state index in [-0.39, 0.29) is 0 Å². The van der Waals surface area contributed by atoms with E-state index in [1.165, 1.54) is 6.42 Å². The zero-order chi connectivity index (χ0) is 7.33. The molecule has 0 N–H and O–H groups in total. The summed E-state index contributed by atoms with van der Waals surface area (Å²) in [7, 11) is 2.97. The van der Waals surface area contributed by atoms with Gasteiger partial charge >= 0.3 is 0 Å². The fourth-order valence-corrected chi connectivity index (χ4v) is 0.606. The fraction of sp³-hybridized carbons (Fsp3) is 1.00. The maximum atomic E-state index is 4.79. The Morgan fingerprint density at radius 2 is 2.00 bits per heavy atom. The first kappa shape index (κ1) is 9.18. The van der Waals surface area contributed by atoms with Crippen LogP contribution < -0.4 is 0 Å². The highest BCUT2D eigenvalue weighted by Gasteiger charge is 2.13. The summed E-state index contributed by atoms with van der Waals surface area (Å²) in [4.78, 5) is 0. The molecule has 53 valence electrons. The van der Waals surface area contributed by atoms with Crippen molar-refractivity contribution >= 4 is 10.5 Å². The van der Waals surface area contributed by atoms with Crippen LogP contribution in [0.5, 0.6) is 0 Å². The molecule has 9 heavy (non-hydrogen) atoms. The summed E-state index contributed by atoms with van der Waals surface area (Å²) in [6, 6.07) is 0. The van der Waals surface area contributed by atoms with E-state index < -0.39 is 0 Å². The van der Waals surface area contributed by atoms with Gasteiger partial charge in [-0.1, -0.05) is 27.2 Å². The Kier molecular flexibility index (Phi) is 4.15. The van der Waals surface area contributed by atoms with Gasteiger partial charge in [0.25, 0.3) is 0 Å². The van der Waals surface area contributed by atoms with Crippen molar-refractivity contribution in [3.05, 3.63) is 0 Å². The monoisotopic (exact) mass is 143 g/mol. The van der Waals surface area contributed by atoms with Crippen molar-refractivity contribution in [1.29, 1.82) is 0 Å². The quantitative estimate of drug-likeness (QED) is 0.546. The van der Waals surface area contributed by atoms with Gasteiger partial charge in [-0.2, -0.15) is 0 Å². The summed E-state index contributed by atoms with van der Waals surface area (Å²) < 4.78 is 4.79. The summed E-state index contributed by atoms with van der Waals surface area (Å²) in [6.45, 7) is 7.50. The number of hydrogen-bond acceptors (Lipinski definition) is 1. The Hall–Kier alpha value is 0.177. The van der Waals surface area contributed by atoms with Crippen LogP contribution in [0.15, 0.2) is 0 Å². The standard InChI is InChI=1S/C7H15OSi/c1-4-7(2,3)5-6-8-9/h4-6H2,1-3H3. The van der Waals surface area contributed by atoms with Crippen molar-refractivity contribution < 1.29 is 4.43 Å². The van der Waals surface area contributed by atoms with Crippen molar-refractivity contribution in [3.63, 3.8) is 0 Å². The minimum atomic E-state index is 0.437. The molecule has 3 radical (unpaired) electrons. The van der Waals surface area contributed by atoms with Crippen LogP contribution in [0.4, 0.5) is 0 Å². The van der Waals surface area contributed by atoms with Crippen molar-refractivity contribution in [2.45, 2.75) is 33.6 Å². The number of rotatable bonds is 4. The summed E-state index contributed by atoms with van der Waals surface area (Å²) in [6.07, 6.45) is 2.33. The predicted octanol–water partition coefficient (Wildman–Crippen LogP) is 1.91. The van der Waals surface area contributed by atoms with E-state index in [1.807, 2.05) is 0 Å². The molecule has 0 aromatic heterocycles. The molecule has 0 atom stereocenters. The predicted molar refractivity (Wildman–Crippen MR) is 40.4 cm³/mol. The molecule has 0 amide bonds. The van der Waals surface area contributed by atoms with E-state index in [4.69, 9.17) is 4.43 Å². The molecule has 0 saturated carbocycles. The summed E-state index contributed by atoms with van der Waals surface area (Å²) in [5.74, 6) is 0. The Balaban J connectivity index is 3.33. The first-order chi connectivity index (χ1) is 4.12. The van der Waals surface area contributed by atoms with Crippen LogP contribution in [0.1, 0.15) is 33.6 Å². The molecule has 1 nitrogen and oxygen atoms in total. The van der Waals surface area contributed by atoms with Crippen LogP contribution in [0.25, 0.3) is 0 Å². The van der Waals surface area contributed by atoms with Crippen LogP contribution in [-0.4, -0.2) is 17.1 Å². The van der Waals surface area contributed by atoms with Crippen LogP contribution >= 0.6 is 0 Å². The lowest BCUT2D eigenvalue weighted by atomic mass is 9.87. The molecule has 0 aliphatic carbocycles. The van der Waals surface area contributed by atoms with E-state index in [0.29, 0.717) is 5.41 Å². The molecule has 0 spiro atoms. The Morgan fingerprint density at radius 1 is 1.44 bits per heavy atom. The highest BCUT2D eigenvalue weighted by atomic mass is 28.2. The summed E-state index contributed by atoms with van der Waals surface area (Å²) in [5, 5.41) is 0. The second-order valence-electron chi connectivity index (χ2n) is 3.12. The molecular formula is C7H15OSi. The van der Waals surface area contributed by atoms with Gasteiger partial charge in [-0.25, -0.2) is 0 Å². The van der Waals surface area contributed by atoms with Gasteiger partial charge in [-0.15, -0.1) is 0 Å². The van der Waals surface area contributed by atoms with Gasteiger partial charge in [0.15, 0.2) is 0 Å². The lowest BCUT2D eigenvalue weighted by molar-refractivity contribution is 0.235. The highest BCUT2D eigenvalue weighted by Crippen LogP contribution is 2.23. The van der Waals surface area contributed by atoms with Gasteiger partial charge in [0.1, 0.15) is 0 Å². The normalized spacial score (nSPS) is 12.0. The topological polar surface area (TPSA) is 9.23 Å². The maximum absolute atomic E-state index is 4.79. The SMILES string of the molecule is CCC(C)(C)CCO[Si]. The smallest absolute Gasteiger partial charge is 0.246 e. The van der Waals surface area contributed by atoms with E-state index in [2.05, 4.69) is 31.3 Å². The molecule has 0 bridgehead atoms. The lowest BCUT2D eigenvalue weighted by Gasteiger charge is -2.21. The van der Waals surface area contributed by atoms with Crippen LogP contribution in [0, 0.1) is 5.41 Å². The van der Waals surface area contributed by atoms with Gasteiger partial charge in [0.05, 0.1) is 0 Å². The van der Waals surface area contributed by atoms with E-state index in [1.54, 1.807) is 0 Å². The van der Waals surface area contributed by atoms with Crippen molar-refractivity contribution in [2.24, 2.45) is 5.41 Å². The average Bonchev–Trinajstić information content (AvgIpc) is 1.84. The molecule has 0 saturated heterocycles. The third-order valence-corrected chi connectivity index (χ3v) is 2.04. The van der Waals surface area contributed by atoms with E-state index in [0.717, 1.165) is 13.0 Å². The molecule has 2 heteroatoms. The zero-order valence-corrected chi connectivity index (χ0v) is 7.53. The van der Waals surface area contributed by atoms with Gasteiger partial charge < -0.3 is 4.43 Å². The van der Waals surface area contributed by atoms with Gasteiger partial charge in [0.2, 0.25) is 10.5 Å². The lowest BCUT2D eigenvalue weighted by Crippen LogP contribution is -2.12. The Labute approximate surface area is 61.3 Å². The molecule has 0 fully saturated rings. The van der Waals surface area contributed by atoms with Gasteiger partial charge in [0, 0.05) is 6.61 Å². The zero-order valence-electron chi connectivity index (χ0n) is 6.53. The first-order valence-electron chi connectivity index (χ1n) is 3.41. The maximum Gasteiger partial charge on any atom is 0.246 e. The van der Waals surface area contributed by atoms with Gasteiger partial charge in [-0.05, 0) is 11.8 Å². The van der Waals surface area contributed by atoms with Crippen molar-refractivity contribution in [1.82, 2.24) is 0 Å². The molecule has 0 unspecified atom stereocenters. The first-order valence-corrected chi connectivity index (χ1v) is 3.82. The Bertz CT molecular complexity index is 71.3. The average molecular weight is 143 g/mol. The summed E-state index contributed by atoms with van der Waals surface area (Å²) in [5.41, 5.74) is 0.437. The minimum absolute atomic E-state index is 0.437. The van der Waals surface area contributed by atoms with E-state index >= 15 is 0 Å². The number of hydrogen-bond donors (Lipinski definition) is 0. The highest BCUT2D eigenvalue weighted by molar-refractivity contribution is 5.97. The van der Waals surface area contributed by atoms with Gasteiger partial charge in [-0.3, -0.25) is 0 Å². The molecular weight excluding hydrogens is 128 g/mol. The van der Waals surface area contributed by atoms with Crippen LogP contribution in [0.2, 0.25) is 0 Å². The molecule has 0 heterocycles. The molecule has 0 rings (SSSR count). The van der Waals surface area contributed by atoms with Crippen molar-refractivity contribution in [2.75, 3.05) is 6.61 Å². The van der Waals surface area contributed by atoms with Crippen LogP contribution in [0.3, 0.4) is 0 Å². The second-order valence-corrected chi connectivity index (χ2v) is 3.40. The molecule has 0 aliphatic rings. The third-order valence-electron chi connectivity index (χ3n) is 1.84. The second kappa shape index (κ2) is 4.07. The fourth-order valence-electron chi connectivity index (χ4n) is 0.504. The van der Waals surface area contributed by atoms with Crippen molar-refractivity contribution in [3.8, 4) is 0 Å². The summed E-state index contributed by atoms with van der Waals surface area (Å²) >= 11 is 0. The molecule has 0 aromatic rings. The molecule has 0 aromatic carbocycles. The molecule has 0 aliphatic heterocycles. The minimum Gasteiger partial charge on any atom is -0.419 e. The Morgan fingerprint density at radius 3 is 2.33 bits per heavy atom. The largest absolute Gasteiger partial charge is 0.419 e. The third kappa shape index (κ3) is 4.67. The van der Waals surface area contributed by atoms with E-state index in [9.17, 15) is 0 Å². The van der Waals surface area contributed by atoms with Crippen LogP contribution in [-0.2, 0) is 4.43 Å².